The predicted octanol–water partition coefficient (Wildman–Crippen LogP) is 1.27. The molecule has 21 heavy (non-hydrogen) atoms. The van der Waals surface area contributed by atoms with Crippen LogP contribution in [0.2, 0.25) is 0 Å². The zero-order chi connectivity index (χ0) is 14.9. The largest absolute Gasteiger partial charge is 0.379 e. The number of benzene rings is 1. The number of nitrogens with one attached hydrogen (secondary N) is 1. The second-order valence-electron chi connectivity index (χ2n) is 5.77. The fourth-order valence-corrected chi connectivity index (χ4v) is 4.19. The van der Waals surface area contributed by atoms with Gasteiger partial charge in [-0.15, -0.1) is 0 Å². The van der Waals surface area contributed by atoms with Gasteiger partial charge in [0.05, 0.1) is 18.1 Å². The van der Waals surface area contributed by atoms with Gasteiger partial charge in [-0.25, -0.2) is 8.42 Å². The van der Waals surface area contributed by atoms with Crippen LogP contribution in [0, 0.1) is 6.92 Å². The molecule has 0 radical (unpaired) electrons. The van der Waals surface area contributed by atoms with Gasteiger partial charge in [0.15, 0.2) is 0 Å². The molecular weight excluding hydrogens is 288 g/mol. The van der Waals surface area contributed by atoms with Gasteiger partial charge in [0.2, 0.25) is 10.0 Å². The van der Waals surface area contributed by atoms with E-state index < -0.39 is 10.0 Å². The van der Waals surface area contributed by atoms with Gasteiger partial charge >= 0.3 is 0 Å². The van der Waals surface area contributed by atoms with Gasteiger partial charge < -0.3 is 10.1 Å². The molecule has 0 bridgehead atoms. The smallest absolute Gasteiger partial charge is 0.243 e. The molecule has 0 unspecified atom stereocenters. The summed E-state index contributed by atoms with van der Waals surface area (Å²) in [6.45, 7) is 4.41. The van der Waals surface area contributed by atoms with Crippen LogP contribution in [0.25, 0.3) is 0 Å². The molecule has 0 atom stereocenters. The lowest BCUT2D eigenvalue weighted by molar-refractivity contribution is 0.0730. The SMILES string of the molecule is Cc1ccc(CNC2CC2)cc1S(=O)(=O)N1CCOCC1. The standard InChI is InChI=1S/C15H22N2O3S/c1-12-2-3-13(11-16-14-4-5-14)10-15(12)21(18,19)17-6-8-20-9-7-17/h2-3,10,14,16H,4-9,11H2,1H3. The molecule has 1 saturated heterocycles. The lowest BCUT2D eigenvalue weighted by Gasteiger charge is -2.26. The van der Waals surface area contributed by atoms with Crippen molar-refractivity contribution in [3.05, 3.63) is 29.3 Å². The second kappa shape index (κ2) is 6.04. The van der Waals surface area contributed by atoms with E-state index in [1.54, 1.807) is 0 Å². The summed E-state index contributed by atoms with van der Waals surface area (Å²) < 4.78 is 32.3. The monoisotopic (exact) mass is 310 g/mol. The third-order valence-corrected chi connectivity index (χ3v) is 6.05. The lowest BCUT2D eigenvalue weighted by atomic mass is 10.1. The zero-order valence-electron chi connectivity index (χ0n) is 12.3. The third-order valence-electron chi connectivity index (χ3n) is 4.01. The summed E-state index contributed by atoms with van der Waals surface area (Å²) in [6, 6.07) is 6.33. The number of sulfonamides is 1. The fraction of sp³-hybridized carbons (Fsp3) is 0.600. The Hall–Kier alpha value is -0.950. The number of nitrogens with zero attached hydrogens (tertiary/aromatic N) is 1. The average molecular weight is 310 g/mol. The molecule has 2 aliphatic rings. The maximum atomic E-state index is 12.8. The van der Waals surface area contributed by atoms with Gasteiger partial charge in [0.1, 0.15) is 0 Å². The van der Waals surface area contributed by atoms with Crippen LogP contribution in [-0.4, -0.2) is 45.1 Å². The van der Waals surface area contributed by atoms with Gasteiger partial charge in [-0.05, 0) is 37.0 Å². The Morgan fingerprint density at radius 3 is 2.67 bits per heavy atom. The normalized spacial score (nSPS) is 20.6. The predicted molar refractivity (Wildman–Crippen MR) is 80.6 cm³/mol. The molecule has 1 aromatic carbocycles. The molecule has 0 aromatic heterocycles. The van der Waals surface area contributed by atoms with E-state index in [-0.39, 0.29) is 0 Å². The first-order valence-electron chi connectivity index (χ1n) is 7.48. The minimum Gasteiger partial charge on any atom is -0.379 e. The Morgan fingerprint density at radius 1 is 1.29 bits per heavy atom. The number of rotatable bonds is 5. The zero-order valence-corrected chi connectivity index (χ0v) is 13.2. The van der Waals surface area contributed by atoms with Gasteiger partial charge in [-0.2, -0.15) is 4.31 Å². The van der Waals surface area contributed by atoms with E-state index in [0.29, 0.717) is 37.2 Å². The molecular formula is C15H22N2O3S. The minimum atomic E-state index is -3.41. The molecule has 1 heterocycles. The number of hydrogen-bond donors (Lipinski definition) is 1. The van der Waals surface area contributed by atoms with Crippen molar-refractivity contribution in [2.24, 2.45) is 0 Å². The first kappa shape index (κ1) is 15.0. The summed E-state index contributed by atoms with van der Waals surface area (Å²) in [7, 11) is -3.41. The highest BCUT2D eigenvalue weighted by Crippen LogP contribution is 2.23. The van der Waals surface area contributed by atoms with Crippen molar-refractivity contribution < 1.29 is 13.2 Å². The first-order chi connectivity index (χ1) is 10.1. The van der Waals surface area contributed by atoms with Crippen LogP contribution in [0.5, 0.6) is 0 Å². The van der Waals surface area contributed by atoms with E-state index in [1.807, 2.05) is 25.1 Å². The Morgan fingerprint density at radius 2 is 2.00 bits per heavy atom. The van der Waals surface area contributed by atoms with Crippen molar-refractivity contribution in [2.75, 3.05) is 26.3 Å². The Kier molecular flexibility index (Phi) is 4.31. The van der Waals surface area contributed by atoms with Crippen molar-refractivity contribution in [3.8, 4) is 0 Å². The van der Waals surface area contributed by atoms with Crippen LogP contribution in [0.1, 0.15) is 24.0 Å². The number of morpholine rings is 1. The molecule has 1 N–H and O–H groups in total. The van der Waals surface area contributed by atoms with E-state index in [0.717, 1.165) is 17.7 Å². The highest BCUT2D eigenvalue weighted by atomic mass is 32.2. The maximum absolute atomic E-state index is 12.8. The molecule has 1 aliphatic heterocycles. The van der Waals surface area contributed by atoms with E-state index >= 15 is 0 Å². The molecule has 1 aromatic rings. The summed E-state index contributed by atoms with van der Waals surface area (Å²) in [5.41, 5.74) is 1.83. The topological polar surface area (TPSA) is 58.6 Å². The summed E-state index contributed by atoms with van der Waals surface area (Å²) in [4.78, 5) is 0.430. The average Bonchev–Trinajstić information content (AvgIpc) is 3.31. The van der Waals surface area contributed by atoms with Crippen LogP contribution in [-0.2, 0) is 21.3 Å². The Balaban J connectivity index is 1.82. The van der Waals surface area contributed by atoms with Gasteiger partial charge in [0.25, 0.3) is 0 Å². The van der Waals surface area contributed by atoms with Crippen molar-refractivity contribution >= 4 is 10.0 Å². The van der Waals surface area contributed by atoms with Crippen molar-refractivity contribution in [2.45, 2.75) is 37.2 Å². The third kappa shape index (κ3) is 3.45. The van der Waals surface area contributed by atoms with E-state index in [9.17, 15) is 8.42 Å². The first-order valence-corrected chi connectivity index (χ1v) is 8.92. The van der Waals surface area contributed by atoms with Crippen LogP contribution in [0.4, 0.5) is 0 Å². The second-order valence-corrected chi connectivity index (χ2v) is 7.68. The minimum absolute atomic E-state index is 0.430. The number of aryl methyl sites for hydroxylation is 1. The molecule has 5 nitrogen and oxygen atoms in total. The summed E-state index contributed by atoms with van der Waals surface area (Å²) in [5.74, 6) is 0. The molecule has 116 valence electrons. The summed E-state index contributed by atoms with van der Waals surface area (Å²) in [5, 5.41) is 3.42. The summed E-state index contributed by atoms with van der Waals surface area (Å²) >= 11 is 0. The Labute approximate surface area is 126 Å². The molecule has 2 fully saturated rings. The van der Waals surface area contributed by atoms with Gasteiger partial charge in [-0.3, -0.25) is 0 Å². The quantitative estimate of drug-likeness (QED) is 0.890. The Bertz CT molecular complexity index is 605. The van der Waals surface area contributed by atoms with Crippen LogP contribution in [0.15, 0.2) is 23.1 Å². The van der Waals surface area contributed by atoms with E-state index in [1.165, 1.54) is 17.1 Å². The molecule has 0 amide bonds. The van der Waals surface area contributed by atoms with Crippen molar-refractivity contribution in [3.63, 3.8) is 0 Å². The van der Waals surface area contributed by atoms with Crippen LogP contribution < -0.4 is 5.32 Å². The maximum Gasteiger partial charge on any atom is 0.243 e. The van der Waals surface area contributed by atoms with Crippen LogP contribution in [0.3, 0.4) is 0 Å². The van der Waals surface area contributed by atoms with E-state index in [4.69, 9.17) is 4.74 Å². The molecule has 0 spiro atoms. The van der Waals surface area contributed by atoms with Gasteiger partial charge in [0, 0.05) is 25.7 Å². The van der Waals surface area contributed by atoms with Crippen molar-refractivity contribution in [1.29, 1.82) is 0 Å². The highest BCUT2D eigenvalue weighted by Gasteiger charge is 2.28. The van der Waals surface area contributed by atoms with Gasteiger partial charge in [-0.1, -0.05) is 12.1 Å². The highest BCUT2D eigenvalue weighted by molar-refractivity contribution is 7.89. The number of hydrogen-bond acceptors (Lipinski definition) is 4. The molecule has 3 rings (SSSR count). The molecule has 1 aliphatic carbocycles. The van der Waals surface area contributed by atoms with Crippen LogP contribution >= 0.6 is 0 Å². The lowest BCUT2D eigenvalue weighted by Crippen LogP contribution is -2.40. The van der Waals surface area contributed by atoms with Crippen molar-refractivity contribution in [1.82, 2.24) is 9.62 Å². The number of ether oxygens (including phenoxy) is 1. The summed E-state index contributed by atoms with van der Waals surface area (Å²) in [6.07, 6.45) is 2.45. The molecule has 6 heteroatoms. The fourth-order valence-electron chi connectivity index (χ4n) is 2.51. The molecule has 1 saturated carbocycles. The van der Waals surface area contributed by atoms with E-state index in [2.05, 4.69) is 5.32 Å².